The zero-order valence-electron chi connectivity index (χ0n) is 15.8. The van der Waals surface area contributed by atoms with Crippen molar-refractivity contribution in [1.29, 1.82) is 0 Å². The Balaban J connectivity index is 0.00000140. The highest BCUT2D eigenvalue weighted by atomic mass is 35.5. The number of fused-ring (bicyclic) bond motifs is 1. The highest BCUT2D eigenvalue weighted by molar-refractivity contribution is 7.18. The Morgan fingerprint density at radius 2 is 1.82 bits per heavy atom. The lowest BCUT2D eigenvalue weighted by molar-refractivity contribution is 0.471. The topological polar surface area (TPSA) is 62.7 Å². The number of anilines is 2. The lowest BCUT2D eigenvalue weighted by Crippen LogP contribution is -2.21. The van der Waals surface area contributed by atoms with Crippen molar-refractivity contribution >= 4 is 57.9 Å². The number of nitrogens with one attached hydrogen (secondary N) is 2. The molecular formula is C20H27Cl2N5S. The van der Waals surface area contributed by atoms with Gasteiger partial charge in [-0.25, -0.2) is 9.97 Å². The van der Waals surface area contributed by atoms with Crippen LogP contribution in [0.3, 0.4) is 0 Å². The van der Waals surface area contributed by atoms with E-state index in [-0.39, 0.29) is 24.8 Å². The molecule has 0 bridgehead atoms. The molecule has 0 aliphatic heterocycles. The van der Waals surface area contributed by atoms with E-state index in [4.69, 9.17) is 0 Å². The summed E-state index contributed by atoms with van der Waals surface area (Å²) in [4.78, 5) is 15.5. The van der Waals surface area contributed by atoms with Gasteiger partial charge in [-0.2, -0.15) is 0 Å². The van der Waals surface area contributed by atoms with Gasteiger partial charge in [-0.3, -0.25) is 4.98 Å². The first-order valence-corrected chi connectivity index (χ1v) is 10.3. The molecule has 1 aliphatic rings. The van der Waals surface area contributed by atoms with Crippen LogP contribution in [0.15, 0.2) is 36.9 Å². The van der Waals surface area contributed by atoms with E-state index < -0.39 is 0 Å². The normalized spacial score (nSPS) is 15.0. The second-order valence-corrected chi connectivity index (χ2v) is 8.05. The Morgan fingerprint density at radius 3 is 2.57 bits per heavy atom. The number of hydrogen-bond acceptors (Lipinski definition) is 6. The first kappa shape index (κ1) is 22.7. The summed E-state index contributed by atoms with van der Waals surface area (Å²) in [6.07, 6.45) is 14.5. The summed E-state index contributed by atoms with van der Waals surface area (Å²) in [5, 5.41) is 8.26. The number of halogens is 2. The van der Waals surface area contributed by atoms with E-state index in [1.807, 2.05) is 18.3 Å². The van der Waals surface area contributed by atoms with Crippen molar-refractivity contribution < 1.29 is 0 Å². The Labute approximate surface area is 182 Å². The molecule has 0 saturated heterocycles. The zero-order valence-corrected chi connectivity index (χ0v) is 18.2. The maximum absolute atomic E-state index is 4.54. The molecule has 5 nitrogen and oxygen atoms in total. The van der Waals surface area contributed by atoms with E-state index in [1.165, 1.54) is 49.8 Å². The first-order valence-electron chi connectivity index (χ1n) is 9.52. The third-order valence-corrected chi connectivity index (χ3v) is 6.00. The minimum atomic E-state index is 0. The SMILES string of the molecule is Cl.Cl.c1cncc(NCc2cc3c(NC4CCCCCCC4)ncnc3s2)c1. The van der Waals surface area contributed by atoms with Gasteiger partial charge < -0.3 is 10.6 Å². The molecule has 152 valence electrons. The standard InChI is InChI=1S/C20H25N5S.2ClH/c1-2-4-7-15(8-5-3-1)25-19-18-11-17(26-20(18)24-14-23-19)13-22-16-9-6-10-21-12-16;;/h6,9-12,14-15,22H,1-5,7-8,13H2,(H,23,24,25);2*1H. The molecule has 0 atom stereocenters. The molecule has 1 aliphatic carbocycles. The summed E-state index contributed by atoms with van der Waals surface area (Å²) >= 11 is 1.73. The molecule has 4 rings (SSSR count). The monoisotopic (exact) mass is 439 g/mol. The minimum Gasteiger partial charge on any atom is -0.379 e. The van der Waals surface area contributed by atoms with Crippen molar-refractivity contribution in [3.8, 4) is 0 Å². The summed E-state index contributed by atoms with van der Waals surface area (Å²) in [6.45, 7) is 0.773. The molecule has 0 radical (unpaired) electrons. The average molecular weight is 440 g/mol. The van der Waals surface area contributed by atoms with Crippen LogP contribution in [0, 0.1) is 0 Å². The predicted molar refractivity (Wildman–Crippen MR) is 123 cm³/mol. The van der Waals surface area contributed by atoms with Gasteiger partial charge in [0.15, 0.2) is 0 Å². The molecular weight excluding hydrogens is 413 g/mol. The van der Waals surface area contributed by atoms with Gasteiger partial charge in [0.1, 0.15) is 17.0 Å². The van der Waals surface area contributed by atoms with Crippen molar-refractivity contribution in [3.63, 3.8) is 0 Å². The van der Waals surface area contributed by atoms with Crippen molar-refractivity contribution in [1.82, 2.24) is 15.0 Å². The fraction of sp³-hybridized carbons (Fsp3) is 0.450. The molecule has 3 heterocycles. The lowest BCUT2D eigenvalue weighted by Gasteiger charge is -2.21. The van der Waals surface area contributed by atoms with Crippen LogP contribution in [-0.2, 0) is 6.54 Å². The molecule has 0 spiro atoms. The smallest absolute Gasteiger partial charge is 0.138 e. The maximum atomic E-state index is 4.54. The molecule has 0 unspecified atom stereocenters. The van der Waals surface area contributed by atoms with Crippen LogP contribution in [0.2, 0.25) is 0 Å². The van der Waals surface area contributed by atoms with E-state index in [2.05, 4.69) is 31.7 Å². The van der Waals surface area contributed by atoms with Crippen LogP contribution in [-0.4, -0.2) is 21.0 Å². The molecule has 0 amide bonds. The molecule has 3 aromatic rings. The van der Waals surface area contributed by atoms with Gasteiger partial charge in [0.2, 0.25) is 0 Å². The minimum absolute atomic E-state index is 0. The van der Waals surface area contributed by atoms with Crippen molar-refractivity contribution in [2.75, 3.05) is 10.6 Å². The van der Waals surface area contributed by atoms with Crippen LogP contribution >= 0.6 is 36.2 Å². The van der Waals surface area contributed by atoms with Gasteiger partial charge in [0.25, 0.3) is 0 Å². The zero-order chi connectivity index (χ0) is 17.6. The molecule has 1 fully saturated rings. The molecule has 0 aromatic carbocycles. The van der Waals surface area contributed by atoms with Crippen molar-refractivity contribution in [2.24, 2.45) is 0 Å². The summed E-state index contributed by atoms with van der Waals surface area (Å²) in [5.74, 6) is 0.990. The lowest BCUT2D eigenvalue weighted by atomic mass is 9.97. The Hall–Kier alpha value is -1.63. The second kappa shape index (κ2) is 11.4. The third-order valence-electron chi connectivity index (χ3n) is 4.95. The summed E-state index contributed by atoms with van der Waals surface area (Å²) in [5.41, 5.74) is 1.03. The van der Waals surface area contributed by atoms with Gasteiger partial charge in [-0.1, -0.05) is 32.1 Å². The van der Waals surface area contributed by atoms with Crippen molar-refractivity contribution in [3.05, 3.63) is 41.8 Å². The van der Waals surface area contributed by atoms with Crippen LogP contribution in [0.25, 0.3) is 10.2 Å². The summed E-state index contributed by atoms with van der Waals surface area (Å²) in [6, 6.07) is 6.72. The molecule has 28 heavy (non-hydrogen) atoms. The largest absolute Gasteiger partial charge is 0.379 e. The average Bonchev–Trinajstić information content (AvgIpc) is 3.07. The molecule has 2 N–H and O–H groups in total. The highest BCUT2D eigenvalue weighted by Gasteiger charge is 2.15. The number of nitrogens with zero attached hydrogens (tertiary/aromatic N) is 3. The Kier molecular flexibility index (Phi) is 9.22. The van der Waals surface area contributed by atoms with Crippen LogP contribution < -0.4 is 10.6 Å². The quantitative estimate of drug-likeness (QED) is 0.505. The van der Waals surface area contributed by atoms with Crippen LogP contribution in [0.1, 0.15) is 49.8 Å². The first-order chi connectivity index (χ1) is 12.9. The number of pyridine rings is 1. The molecule has 8 heteroatoms. The maximum Gasteiger partial charge on any atom is 0.138 e. The summed E-state index contributed by atoms with van der Waals surface area (Å²) in [7, 11) is 0. The molecule has 3 aromatic heterocycles. The predicted octanol–water partition coefficient (Wildman–Crippen LogP) is 6.07. The van der Waals surface area contributed by atoms with E-state index >= 15 is 0 Å². The van der Waals surface area contributed by atoms with Crippen LogP contribution in [0.5, 0.6) is 0 Å². The van der Waals surface area contributed by atoms with Crippen molar-refractivity contribution in [2.45, 2.75) is 57.5 Å². The fourth-order valence-electron chi connectivity index (χ4n) is 3.56. The summed E-state index contributed by atoms with van der Waals surface area (Å²) < 4.78 is 0. The number of thiophene rings is 1. The van der Waals surface area contributed by atoms with E-state index in [0.29, 0.717) is 6.04 Å². The van der Waals surface area contributed by atoms with Gasteiger partial charge in [0, 0.05) is 29.9 Å². The second-order valence-electron chi connectivity index (χ2n) is 6.94. The van der Waals surface area contributed by atoms with E-state index in [9.17, 15) is 0 Å². The Morgan fingerprint density at radius 1 is 1.04 bits per heavy atom. The van der Waals surface area contributed by atoms with E-state index in [1.54, 1.807) is 23.9 Å². The fourth-order valence-corrected chi connectivity index (χ4v) is 4.49. The van der Waals surface area contributed by atoms with E-state index in [0.717, 1.165) is 28.3 Å². The highest BCUT2D eigenvalue weighted by Crippen LogP contribution is 2.30. The van der Waals surface area contributed by atoms with Gasteiger partial charge in [0.05, 0.1) is 11.1 Å². The number of aromatic nitrogens is 3. The number of rotatable bonds is 5. The number of hydrogen-bond donors (Lipinski definition) is 2. The van der Waals surface area contributed by atoms with Crippen LogP contribution in [0.4, 0.5) is 11.5 Å². The molecule has 1 saturated carbocycles. The van der Waals surface area contributed by atoms with Gasteiger partial charge in [-0.15, -0.1) is 36.2 Å². The third kappa shape index (κ3) is 5.93. The van der Waals surface area contributed by atoms with Gasteiger partial charge >= 0.3 is 0 Å². The Bertz CT molecular complexity index is 835. The van der Waals surface area contributed by atoms with Gasteiger partial charge in [-0.05, 0) is 31.0 Å².